The van der Waals surface area contributed by atoms with E-state index >= 15 is 0 Å². The van der Waals surface area contributed by atoms with Crippen LogP contribution in [0.4, 0.5) is 0 Å². The number of nitrogens with one attached hydrogen (secondary N) is 1. The molecule has 1 rings (SSSR count). The minimum Gasteiger partial charge on any atom is -0.316 e. The van der Waals surface area contributed by atoms with Crippen molar-refractivity contribution in [2.24, 2.45) is 7.05 Å². The summed E-state index contributed by atoms with van der Waals surface area (Å²) < 4.78 is 1.99. The first-order valence-corrected chi connectivity index (χ1v) is 7.34. The van der Waals surface area contributed by atoms with E-state index < -0.39 is 0 Å². The lowest BCUT2D eigenvalue weighted by atomic mass is 10.1. The molecule has 1 aromatic rings. The molecular weight excluding hydrogens is 230 g/mol. The Morgan fingerprint density at radius 2 is 2.18 bits per heavy atom. The average molecular weight is 255 g/mol. The van der Waals surface area contributed by atoms with E-state index in [1.165, 1.54) is 24.3 Å². The predicted molar refractivity (Wildman–Crippen MR) is 75.6 cm³/mol. The van der Waals surface area contributed by atoms with Crippen molar-refractivity contribution < 1.29 is 0 Å². The van der Waals surface area contributed by atoms with Gasteiger partial charge in [0.15, 0.2) is 0 Å². The predicted octanol–water partition coefficient (Wildman–Crippen LogP) is 2.99. The molecule has 2 atom stereocenters. The molecule has 0 bridgehead atoms. The fraction of sp³-hybridized carbons (Fsp3) is 0.769. The fourth-order valence-corrected chi connectivity index (χ4v) is 3.47. The van der Waals surface area contributed by atoms with Gasteiger partial charge in [-0.25, -0.2) is 0 Å². The zero-order valence-electron chi connectivity index (χ0n) is 11.7. The maximum atomic E-state index is 4.40. The molecule has 2 unspecified atom stereocenters. The number of nitrogens with zero attached hydrogens (tertiary/aromatic N) is 2. The summed E-state index contributed by atoms with van der Waals surface area (Å²) in [6.07, 6.45) is 3.65. The largest absolute Gasteiger partial charge is 0.316 e. The van der Waals surface area contributed by atoms with E-state index in [2.05, 4.69) is 37.4 Å². The third-order valence-corrected chi connectivity index (χ3v) is 4.64. The van der Waals surface area contributed by atoms with Gasteiger partial charge in [0.1, 0.15) is 0 Å². The molecule has 0 amide bonds. The summed E-state index contributed by atoms with van der Waals surface area (Å²) in [6, 6.07) is 2.76. The van der Waals surface area contributed by atoms with E-state index in [-0.39, 0.29) is 0 Å². The molecule has 0 aliphatic heterocycles. The first kappa shape index (κ1) is 14.6. The lowest BCUT2D eigenvalue weighted by Crippen LogP contribution is -2.35. The Morgan fingerprint density at radius 1 is 1.47 bits per heavy atom. The van der Waals surface area contributed by atoms with Crippen LogP contribution in [0.5, 0.6) is 0 Å². The normalized spacial score (nSPS) is 14.9. The highest BCUT2D eigenvalue weighted by Gasteiger charge is 2.20. The van der Waals surface area contributed by atoms with Crippen molar-refractivity contribution in [1.82, 2.24) is 15.1 Å². The van der Waals surface area contributed by atoms with Crippen LogP contribution in [0.1, 0.15) is 38.8 Å². The highest BCUT2D eigenvalue weighted by Crippen LogP contribution is 2.29. The summed E-state index contributed by atoms with van der Waals surface area (Å²) >= 11 is 1.95. The van der Waals surface area contributed by atoms with Crippen molar-refractivity contribution in [3.63, 3.8) is 0 Å². The molecule has 0 aliphatic rings. The van der Waals surface area contributed by atoms with Gasteiger partial charge in [0.25, 0.3) is 0 Å². The smallest absolute Gasteiger partial charge is 0.0942 e. The quantitative estimate of drug-likeness (QED) is 0.760. The van der Waals surface area contributed by atoms with Crippen LogP contribution < -0.4 is 5.32 Å². The lowest BCUT2D eigenvalue weighted by Gasteiger charge is -2.25. The Hall–Kier alpha value is -0.480. The molecule has 0 saturated heterocycles. The van der Waals surface area contributed by atoms with Crippen molar-refractivity contribution in [1.29, 1.82) is 0 Å². The van der Waals surface area contributed by atoms with E-state index in [4.69, 9.17) is 0 Å². The van der Waals surface area contributed by atoms with Crippen molar-refractivity contribution in [2.75, 3.05) is 7.05 Å². The third kappa shape index (κ3) is 4.03. The molecule has 1 heterocycles. The number of hydrogen-bond acceptors (Lipinski definition) is 3. The van der Waals surface area contributed by atoms with E-state index in [1.807, 2.05) is 30.4 Å². The van der Waals surface area contributed by atoms with Gasteiger partial charge >= 0.3 is 0 Å². The number of thioether (sulfide) groups is 1. The maximum absolute atomic E-state index is 4.40. The average Bonchev–Trinajstić information content (AvgIpc) is 2.62. The minimum absolute atomic E-state index is 0.588. The summed E-state index contributed by atoms with van der Waals surface area (Å²) in [4.78, 5) is 0. The molecule has 0 radical (unpaired) electrons. The molecule has 0 fully saturated rings. The van der Waals surface area contributed by atoms with Gasteiger partial charge in [0.05, 0.1) is 10.7 Å². The van der Waals surface area contributed by atoms with Gasteiger partial charge in [-0.2, -0.15) is 5.10 Å². The van der Waals surface area contributed by atoms with Gasteiger partial charge in [-0.05, 0) is 32.9 Å². The molecule has 0 spiro atoms. The Bertz CT molecular complexity index is 335. The first-order valence-electron chi connectivity index (χ1n) is 6.46. The molecule has 98 valence electrons. The van der Waals surface area contributed by atoms with E-state index in [0.29, 0.717) is 11.3 Å². The second kappa shape index (κ2) is 7.07. The molecule has 17 heavy (non-hydrogen) atoms. The molecule has 0 aromatic carbocycles. The summed E-state index contributed by atoms with van der Waals surface area (Å²) in [6.45, 7) is 6.56. The summed E-state index contributed by atoms with van der Waals surface area (Å²) in [5, 5.41) is 9.74. The lowest BCUT2D eigenvalue weighted by molar-refractivity contribution is 0.489. The van der Waals surface area contributed by atoms with Gasteiger partial charge in [-0.15, -0.1) is 11.8 Å². The summed E-state index contributed by atoms with van der Waals surface area (Å²) in [5.74, 6) is 0. The van der Waals surface area contributed by atoms with Crippen molar-refractivity contribution in [3.8, 4) is 0 Å². The fourth-order valence-electron chi connectivity index (χ4n) is 2.13. The van der Waals surface area contributed by atoms with Gasteiger partial charge in [0.2, 0.25) is 0 Å². The molecule has 0 aliphatic carbocycles. The second-order valence-electron chi connectivity index (χ2n) is 4.50. The SMILES string of the molecule is CCCC(NC)C(CC)Sc1cc(C)nn1C. The first-order chi connectivity index (χ1) is 8.12. The van der Waals surface area contributed by atoms with Gasteiger partial charge in [-0.3, -0.25) is 4.68 Å². The maximum Gasteiger partial charge on any atom is 0.0942 e. The van der Waals surface area contributed by atoms with Crippen LogP contribution >= 0.6 is 11.8 Å². The highest BCUT2D eigenvalue weighted by molar-refractivity contribution is 7.99. The minimum atomic E-state index is 0.588. The van der Waals surface area contributed by atoms with Crippen LogP contribution in [0.25, 0.3) is 0 Å². The molecule has 0 saturated carbocycles. The molecule has 3 nitrogen and oxygen atoms in total. The molecular formula is C13H25N3S. The second-order valence-corrected chi connectivity index (χ2v) is 5.76. The molecule has 1 N–H and O–H groups in total. The monoisotopic (exact) mass is 255 g/mol. The number of rotatable bonds is 7. The van der Waals surface area contributed by atoms with Gasteiger partial charge in [0, 0.05) is 18.3 Å². The van der Waals surface area contributed by atoms with E-state index in [9.17, 15) is 0 Å². The topological polar surface area (TPSA) is 29.9 Å². The van der Waals surface area contributed by atoms with Crippen LogP contribution in [0.3, 0.4) is 0 Å². The van der Waals surface area contributed by atoms with Crippen LogP contribution in [-0.2, 0) is 7.05 Å². The highest BCUT2D eigenvalue weighted by atomic mass is 32.2. The van der Waals surface area contributed by atoms with E-state index in [0.717, 1.165) is 5.69 Å². The van der Waals surface area contributed by atoms with Crippen molar-refractivity contribution in [3.05, 3.63) is 11.8 Å². The van der Waals surface area contributed by atoms with Crippen LogP contribution in [0, 0.1) is 6.92 Å². The Morgan fingerprint density at radius 3 is 2.59 bits per heavy atom. The van der Waals surface area contributed by atoms with Crippen molar-refractivity contribution in [2.45, 2.75) is 56.4 Å². The Kier molecular flexibility index (Phi) is 6.06. The zero-order chi connectivity index (χ0) is 12.8. The van der Waals surface area contributed by atoms with E-state index in [1.54, 1.807) is 0 Å². The van der Waals surface area contributed by atoms with Crippen LogP contribution in [-0.4, -0.2) is 28.1 Å². The van der Waals surface area contributed by atoms with Crippen LogP contribution in [0.2, 0.25) is 0 Å². The number of hydrogen-bond donors (Lipinski definition) is 1. The van der Waals surface area contributed by atoms with Crippen molar-refractivity contribution >= 4 is 11.8 Å². The zero-order valence-corrected chi connectivity index (χ0v) is 12.5. The summed E-state index contributed by atoms with van der Waals surface area (Å²) in [5.41, 5.74) is 1.10. The third-order valence-electron chi connectivity index (χ3n) is 3.05. The van der Waals surface area contributed by atoms with Gasteiger partial charge in [-0.1, -0.05) is 20.3 Å². The number of aromatic nitrogens is 2. The van der Waals surface area contributed by atoms with Crippen LogP contribution in [0.15, 0.2) is 11.1 Å². The summed E-state index contributed by atoms with van der Waals surface area (Å²) in [7, 11) is 4.09. The Labute approximate surface area is 109 Å². The molecule has 4 heteroatoms. The number of aryl methyl sites for hydroxylation is 2. The molecule has 1 aromatic heterocycles. The standard InChI is InChI=1S/C13H25N3S/c1-6-8-11(14-4)12(7-2)17-13-9-10(3)15-16(13)5/h9,11-12,14H,6-8H2,1-5H3. The Balaban J connectivity index is 2.71. The van der Waals surface area contributed by atoms with Gasteiger partial charge < -0.3 is 5.32 Å².